The minimum absolute atomic E-state index is 0. The Morgan fingerprint density at radius 2 is 2.30 bits per heavy atom. The molecule has 2 aliphatic rings. The number of ether oxygens (including phenoxy) is 1. The van der Waals surface area contributed by atoms with Gasteiger partial charge in [-0.15, -0.1) is 24.0 Å². The average molecular weight is 491 g/mol. The molecule has 1 aromatic heterocycles. The summed E-state index contributed by atoms with van der Waals surface area (Å²) in [5, 5.41) is 6.84. The minimum Gasteiger partial charge on any atom is -0.385 e. The number of pyridine rings is 1. The van der Waals surface area contributed by atoms with Gasteiger partial charge < -0.3 is 20.3 Å². The van der Waals surface area contributed by atoms with Gasteiger partial charge in [0, 0.05) is 52.1 Å². The van der Waals surface area contributed by atoms with Crippen molar-refractivity contribution in [3.63, 3.8) is 0 Å². The molecule has 0 aromatic carbocycles. The van der Waals surface area contributed by atoms with Crippen LogP contribution in [0.2, 0.25) is 0 Å². The summed E-state index contributed by atoms with van der Waals surface area (Å²) in [5.74, 6) is 1.03. The Hall–Kier alpha value is -1.16. The fourth-order valence-electron chi connectivity index (χ4n) is 3.42. The summed E-state index contributed by atoms with van der Waals surface area (Å²) in [4.78, 5) is 11.0. The lowest BCUT2D eigenvalue weighted by Crippen LogP contribution is -2.45. The summed E-state index contributed by atoms with van der Waals surface area (Å²) in [6.45, 7) is 6.04. The second-order valence-corrected chi connectivity index (χ2v) is 7.32. The quantitative estimate of drug-likeness (QED) is 0.333. The van der Waals surface area contributed by atoms with Crippen LogP contribution in [0.3, 0.4) is 0 Å². The maximum atomic E-state index is 13.9. The highest BCUT2D eigenvalue weighted by atomic mass is 127. The highest BCUT2D eigenvalue weighted by molar-refractivity contribution is 14.0. The third-order valence-corrected chi connectivity index (χ3v) is 5.28. The van der Waals surface area contributed by atoms with Crippen LogP contribution in [0.25, 0.3) is 0 Å². The largest absolute Gasteiger partial charge is 0.385 e. The SMILES string of the molecule is CCNC(=NCC1(CCOC)CC1)NC1CCN(c2ncccc2F)C1.I. The van der Waals surface area contributed by atoms with Crippen LogP contribution in [0.1, 0.15) is 32.6 Å². The number of halogens is 2. The fourth-order valence-corrected chi connectivity index (χ4v) is 3.42. The van der Waals surface area contributed by atoms with Crippen LogP contribution < -0.4 is 15.5 Å². The molecule has 2 N–H and O–H groups in total. The van der Waals surface area contributed by atoms with Gasteiger partial charge in [-0.05, 0) is 50.2 Å². The van der Waals surface area contributed by atoms with Crippen LogP contribution in [-0.2, 0) is 4.74 Å². The van der Waals surface area contributed by atoms with Gasteiger partial charge in [0.25, 0.3) is 0 Å². The molecule has 1 aromatic rings. The standard InChI is InChI=1S/C19H30FN5O.HI/c1-3-21-18(23-14-19(7-8-19)9-12-26-2)24-15-6-11-25(13-15)17-16(20)5-4-10-22-17;/h4-5,10,15H,3,6-9,11-14H2,1-2H3,(H2,21,23,24);1H. The van der Waals surface area contributed by atoms with Gasteiger partial charge in [0.2, 0.25) is 0 Å². The number of anilines is 1. The number of nitrogens with zero attached hydrogens (tertiary/aromatic N) is 3. The number of aliphatic imine (C=N–C) groups is 1. The molecular formula is C19H31FIN5O. The van der Waals surface area contributed by atoms with Crippen molar-refractivity contribution >= 4 is 35.8 Å². The van der Waals surface area contributed by atoms with Gasteiger partial charge in [0.15, 0.2) is 17.6 Å². The Labute approximate surface area is 178 Å². The normalized spacial score (nSPS) is 20.9. The molecule has 0 amide bonds. The third kappa shape index (κ3) is 6.17. The van der Waals surface area contributed by atoms with Gasteiger partial charge in [0.1, 0.15) is 0 Å². The molecule has 3 rings (SSSR count). The van der Waals surface area contributed by atoms with E-state index in [4.69, 9.17) is 9.73 Å². The van der Waals surface area contributed by atoms with Gasteiger partial charge >= 0.3 is 0 Å². The highest BCUT2D eigenvalue weighted by Crippen LogP contribution is 2.48. The second-order valence-electron chi connectivity index (χ2n) is 7.32. The number of rotatable bonds is 8. The summed E-state index contributed by atoms with van der Waals surface area (Å²) in [6, 6.07) is 3.32. The molecule has 1 aliphatic heterocycles. The molecule has 1 aliphatic carbocycles. The third-order valence-electron chi connectivity index (χ3n) is 5.28. The molecule has 1 atom stereocenters. The molecule has 0 bridgehead atoms. The summed E-state index contributed by atoms with van der Waals surface area (Å²) in [6.07, 6.45) is 6.11. The van der Waals surface area contributed by atoms with Crippen LogP contribution in [0.15, 0.2) is 23.3 Å². The monoisotopic (exact) mass is 491 g/mol. The second kappa shape index (κ2) is 10.4. The van der Waals surface area contributed by atoms with E-state index in [1.165, 1.54) is 18.9 Å². The fraction of sp³-hybridized carbons (Fsp3) is 0.684. The van der Waals surface area contributed by atoms with E-state index in [9.17, 15) is 4.39 Å². The van der Waals surface area contributed by atoms with Crippen molar-refractivity contribution in [2.24, 2.45) is 10.4 Å². The molecule has 8 heteroatoms. The predicted octanol–water partition coefficient (Wildman–Crippen LogP) is 2.79. The van der Waals surface area contributed by atoms with E-state index in [1.54, 1.807) is 19.4 Å². The van der Waals surface area contributed by atoms with Crippen molar-refractivity contribution < 1.29 is 9.13 Å². The smallest absolute Gasteiger partial charge is 0.191 e. The topological polar surface area (TPSA) is 61.8 Å². The molecule has 1 saturated heterocycles. The first-order chi connectivity index (χ1) is 12.7. The molecular weight excluding hydrogens is 460 g/mol. The summed E-state index contributed by atoms with van der Waals surface area (Å²) < 4.78 is 19.2. The number of methoxy groups -OCH3 is 1. The lowest BCUT2D eigenvalue weighted by molar-refractivity contribution is 0.174. The maximum absolute atomic E-state index is 13.9. The lowest BCUT2D eigenvalue weighted by Gasteiger charge is -2.20. The summed E-state index contributed by atoms with van der Waals surface area (Å²) >= 11 is 0. The van der Waals surface area contributed by atoms with Crippen LogP contribution in [0, 0.1) is 11.2 Å². The van der Waals surface area contributed by atoms with Crippen molar-refractivity contribution in [2.45, 2.75) is 38.6 Å². The van der Waals surface area contributed by atoms with Crippen molar-refractivity contribution in [1.82, 2.24) is 15.6 Å². The molecule has 0 radical (unpaired) electrons. The first kappa shape index (κ1) is 22.1. The van der Waals surface area contributed by atoms with Gasteiger partial charge in [-0.1, -0.05) is 0 Å². The molecule has 2 fully saturated rings. The van der Waals surface area contributed by atoms with E-state index in [-0.39, 0.29) is 35.8 Å². The van der Waals surface area contributed by atoms with E-state index < -0.39 is 0 Å². The van der Waals surface area contributed by atoms with E-state index in [2.05, 4.69) is 22.5 Å². The summed E-state index contributed by atoms with van der Waals surface area (Å²) in [5.41, 5.74) is 0.331. The zero-order valence-electron chi connectivity index (χ0n) is 16.2. The zero-order chi connectivity index (χ0) is 18.4. The highest BCUT2D eigenvalue weighted by Gasteiger charge is 2.42. The Morgan fingerprint density at radius 3 is 2.96 bits per heavy atom. The van der Waals surface area contributed by atoms with Gasteiger partial charge in [-0.3, -0.25) is 4.99 Å². The first-order valence-electron chi connectivity index (χ1n) is 9.55. The number of hydrogen-bond donors (Lipinski definition) is 2. The number of aromatic nitrogens is 1. The van der Waals surface area contributed by atoms with Crippen LogP contribution in [0.4, 0.5) is 10.2 Å². The van der Waals surface area contributed by atoms with E-state index in [1.807, 2.05) is 4.90 Å². The molecule has 27 heavy (non-hydrogen) atoms. The van der Waals surface area contributed by atoms with Gasteiger partial charge in [-0.25, -0.2) is 9.37 Å². The van der Waals surface area contributed by atoms with Gasteiger partial charge in [0.05, 0.1) is 0 Å². The Morgan fingerprint density at radius 1 is 1.48 bits per heavy atom. The minimum atomic E-state index is -0.262. The van der Waals surface area contributed by atoms with Crippen molar-refractivity contribution in [3.8, 4) is 0 Å². The van der Waals surface area contributed by atoms with Crippen molar-refractivity contribution in [1.29, 1.82) is 0 Å². The molecule has 1 saturated carbocycles. The first-order valence-corrected chi connectivity index (χ1v) is 9.55. The Balaban J connectivity index is 0.00000261. The van der Waals surface area contributed by atoms with Crippen LogP contribution >= 0.6 is 24.0 Å². The Bertz CT molecular complexity index is 626. The molecule has 2 heterocycles. The van der Waals surface area contributed by atoms with E-state index in [0.29, 0.717) is 11.2 Å². The molecule has 152 valence electrons. The van der Waals surface area contributed by atoms with E-state index >= 15 is 0 Å². The predicted molar refractivity (Wildman–Crippen MR) is 118 cm³/mol. The van der Waals surface area contributed by atoms with Crippen molar-refractivity contribution in [2.75, 3.05) is 44.8 Å². The molecule has 6 nitrogen and oxygen atoms in total. The van der Waals surface area contributed by atoms with Gasteiger partial charge in [-0.2, -0.15) is 0 Å². The van der Waals surface area contributed by atoms with E-state index in [0.717, 1.165) is 51.6 Å². The van der Waals surface area contributed by atoms with Crippen molar-refractivity contribution in [3.05, 3.63) is 24.1 Å². The number of hydrogen-bond acceptors (Lipinski definition) is 4. The number of guanidine groups is 1. The van der Waals surface area contributed by atoms with Crippen LogP contribution in [-0.4, -0.2) is 56.9 Å². The Kier molecular flexibility index (Phi) is 8.53. The maximum Gasteiger partial charge on any atom is 0.191 e. The summed E-state index contributed by atoms with van der Waals surface area (Å²) in [7, 11) is 1.75. The number of nitrogens with one attached hydrogen (secondary N) is 2. The lowest BCUT2D eigenvalue weighted by atomic mass is 10.0. The molecule has 0 spiro atoms. The van der Waals surface area contributed by atoms with Crippen LogP contribution in [0.5, 0.6) is 0 Å². The average Bonchev–Trinajstić information content (AvgIpc) is 3.27. The molecule has 1 unspecified atom stereocenters. The zero-order valence-corrected chi connectivity index (χ0v) is 18.5.